The molecule has 2 N–H and O–H groups in total. The molecule has 2 amide bonds. The van der Waals surface area contributed by atoms with Gasteiger partial charge in [-0.05, 0) is 29.8 Å². The van der Waals surface area contributed by atoms with Crippen molar-refractivity contribution in [3.63, 3.8) is 0 Å². The number of carbonyl (C=O) groups excluding carboxylic acids is 1. The van der Waals surface area contributed by atoms with E-state index in [0.717, 1.165) is 0 Å². The van der Waals surface area contributed by atoms with Gasteiger partial charge in [-0.3, -0.25) is 0 Å². The van der Waals surface area contributed by atoms with E-state index in [1.54, 1.807) is 61.5 Å². The van der Waals surface area contributed by atoms with E-state index in [0.29, 0.717) is 22.9 Å². The molecule has 0 aliphatic rings. The monoisotopic (exact) mass is 384 g/mol. The molecule has 28 heavy (non-hydrogen) atoms. The molecule has 1 aromatic heterocycles. The summed E-state index contributed by atoms with van der Waals surface area (Å²) < 4.78 is 26.3. The predicted octanol–water partition coefficient (Wildman–Crippen LogP) is 3.49. The molecule has 0 radical (unpaired) electrons. The van der Waals surface area contributed by atoms with Crippen LogP contribution >= 0.6 is 0 Å². The Labute approximate surface area is 162 Å². The average molecular weight is 384 g/mol. The molecule has 0 aliphatic carbocycles. The molecule has 146 valence electrons. The number of hydrogen-bond donors (Lipinski definition) is 2. The van der Waals surface area contributed by atoms with E-state index in [9.17, 15) is 9.18 Å². The Morgan fingerprint density at radius 2 is 1.82 bits per heavy atom. The number of rotatable bonds is 6. The van der Waals surface area contributed by atoms with Gasteiger partial charge < -0.3 is 24.7 Å². The van der Waals surface area contributed by atoms with Gasteiger partial charge in [0.25, 0.3) is 0 Å². The zero-order chi connectivity index (χ0) is 20.1. The number of aryl methyl sites for hydroxylation is 1. The van der Waals surface area contributed by atoms with E-state index in [1.165, 1.54) is 12.1 Å². The van der Waals surface area contributed by atoms with E-state index in [2.05, 4.69) is 15.6 Å². The Balaban J connectivity index is 1.94. The van der Waals surface area contributed by atoms with Crippen LogP contribution in [-0.4, -0.2) is 29.8 Å². The zero-order valence-corrected chi connectivity index (χ0v) is 15.8. The second-order valence-electron chi connectivity index (χ2n) is 6.05. The van der Waals surface area contributed by atoms with Crippen molar-refractivity contribution < 1.29 is 18.7 Å². The number of nitrogens with one attached hydrogen (secondary N) is 2. The summed E-state index contributed by atoms with van der Waals surface area (Å²) in [5.41, 5.74) is 0.788. The molecule has 8 heteroatoms. The molecule has 7 nitrogen and oxygen atoms in total. The van der Waals surface area contributed by atoms with E-state index in [4.69, 9.17) is 9.47 Å². The predicted molar refractivity (Wildman–Crippen MR) is 103 cm³/mol. The summed E-state index contributed by atoms with van der Waals surface area (Å²) in [6, 6.07) is 10.1. The maximum atomic E-state index is 13.9. The number of halogens is 1. The highest BCUT2D eigenvalue weighted by Gasteiger charge is 2.23. The number of urea groups is 1. The van der Waals surface area contributed by atoms with Gasteiger partial charge >= 0.3 is 6.03 Å². The van der Waals surface area contributed by atoms with Crippen LogP contribution < -0.4 is 20.1 Å². The molecular weight excluding hydrogens is 363 g/mol. The largest absolute Gasteiger partial charge is 0.497 e. The number of hydrogen-bond acceptors (Lipinski definition) is 4. The van der Waals surface area contributed by atoms with Crippen LogP contribution in [0.15, 0.2) is 54.9 Å². The lowest BCUT2D eigenvalue weighted by Gasteiger charge is -2.21. The Kier molecular flexibility index (Phi) is 5.78. The molecule has 0 fully saturated rings. The van der Waals surface area contributed by atoms with Crippen LogP contribution in [0.1, 0.15) is 17.4 Å². The molecule has 2 aromatic carbocycles. The van der Waals surface area contributed by atoms with Crippen molar-refractivity contribution in [1.29, 1.82) is 0 Å². The van der Waals surface area contributed by atoms with Crippen molar-refractivity contribution in [1.82, 2.24) is 14.9 Å². The minimum Gasteiger partial charge on any atom is -0.497 e. The third kappa shape index (κ3) is 4.22. The van der Waals surface area contributed by atoms with Crippen LogP contribution in [0.3, 0.4) is 0 Å². The first-order valence-electron chi connectivity index (χ1n) is 8.54. The molecule has 1 atom stereocenters. The molecule has 0 saturated carbocycles. The van der Waals surface area contributed by atoms with Gasteiger partial charge in [-0.2, -0.15) is 0 Å². The molecule has 0 spiro atoms. The number of imidazole rings is 1. The lowest BCUT2D eigenvalue weighted by molar-refractivity contribution is 0.249. The van der Waals surface area contributed by atoms with Gasteiger partial charge in [0.05, 0.1) is 19.9 Å². The average Bonchev–Trinajstić information content (AvgIpc) is 3.13. The van der Waals surface area contributed by atoms with Gasteiger partial charge in [0.15, 0.2) is 0 Å². The smallest absolute Gasteiger partial charge is 0.320 e. The molecule has 3 rings (SSSR count). The van der Waals surface area contributed by atoms with Gasteiger partial charge in [-0.1, -0.05) is 12.1 Å². The fourth-order valence-electron chi connectivity index (χ4n) is 2.80. The van der Waals surface area contributed by atoms with Gasteiger partial charge in [0.2, 0.25) is 0 Å². The van der Waals surface area contributed by atoms with E-state index < -0.39 is 17.9 Å². The summed E-state index contributed by atoms with van der Waals surface area (Å²) in [5, 5.41) is 5.37. The standard InChI is InChI=1S/C20H21FN4O3/c1-25-9-8-22-19(25)18(13-10-14(27-2)12-15(11-13)28-3)24-20(26)23-17-7-5-4-6-16(17)21/h4-12,18H,1-3H3,(H2,23,24,26). The van der Waals surface area contributed by atoms with Crippen molar-refractivity contribution in [3.8, 4) is 11.5 Å². The SMILES string of the molecule is COc1cc(OC)cc(C(NC(=O)Nc2ccccc2F)c2nccn2C)c1. The summed E-state index contributed by atoms with van der Waals surface area (Å²) in [6.45, 7) is 0. The van der Waals surface area contributed by atoms with Gasteiger partial charge in [0, 0.05) is 25.5 Å². The Morgan fingerprint density at radius 3 is 2.39 bits per heavy atom. The highest BCUT2D eigenvalue weighted by Crippen LogP contribution is 2.29. The maximum absolute atomic E-state index is 13.9. The van der Waals surface area contributed by atoms with Gasteiger partial charge in [0.1, 0.15) is 29.2 Å². The minimum atomic E-state index is -0.615. The van der Waals surface area contributed by atoms with E-state index in [1.807, 2.05) is 7.05 Å². The number of aromatic nitrogens is 2. The van der Waals surface area contributed by atoms with Gasteiger partial charge in [-0.15, -0.1) is 0 Å². The number of carbonyl (C=O) groups is 1. The number of anilines is 1. The maximum Gasteiger partial charge on any atom is 0.320 e. The van der Waals surface area contributed by atoms with E-state index in [-0.39, 0.29) is 5.69 Å². The lowest BCUT2D eigenvalue weighted by Crippen LogP contribution is -2.34. The first-order valence-corrected chi connectivity index (χ1v) is 8.54. The van der Waals surface area contributed by atoms with Gasteiger partial charge in [-0.25, -0.2) is 14.2 Å². The number of amides is 2. The first kappa shape index (κ1) is 19.2. The zero-order valence-electron chi connectivity index (χ0n) is 15.8. The molecule has 3 aromatic rings. The molecular formula is C20H21FN4O3. The van der Waals surface area contributed by atoms with Crippen LogP contribution in [0.5, 0.6) is 11.5 Å². The molecule has 0 saturated heterocycles. The fraction of sp³-hybridized carbons (Fsp3) is 0.200. The van der Waals surface area contributed by atoms with E-state index >= 15 is 0 Å². The van der Waals surface area contributed by atoms with Crippen molar-refractivity contribution in [3.05, 3.63) is 72.1 Å². The Bertz CT molecular complexity index is 951. The topological polar surface area (TPSA) is 77.4 Å². The fourth-order valence-corrected chi connectivity index (χ4v) is 2.80. The highest BCUT2D eigenvalue weighted by atomic mass is 19.1. The third-order valence-corrected chi connectivity index (χ3v) is 4.22. The van der Waals surface area contributed by atoms with Crippen LogP contribution in [0.2, 0.25) is 0 Å². The second-order valence-corrected chi connectivity index (χ2v) is 6.05. The molecule has 0 bridgehead atoms. The van der Waals surface area contributed by atoms with Crippen molar-refractivity contribution in [2.75, 3.05) is 19.5 Å². The summed E-state index contributed by atoms with van der Waals surface area (Å²) in [4.78, 5) is 16.9. The second kappa shape index (κ2) is 8.43. The van der Waals surface area contributed by atoms with Crippen LogP contribution in [0.25, 0.3) is 0 Å². The van der Waals surface area contributed by atoms with Crippen LogP contribution in [0, 0.1) is 5.82 Å². The number of benzene rings is 2. The lowest BCUT2D eigenvalue weighted by atomic mass is 10.1. The molecule has 1 heterocycles. The summed E-state index contributed by atoms with van der Waals surface area (Å²) >= 11 is 0. The first-order chi connectivity index (χ1) is 13.5. The Morgan fingerprint density at radius 1 is 1.14 bits per heavy atom. The Hall–Kier alpha value is -3.55. The molecule has 1 unspecified atom stereocenters. The minimum absolute atomic E-state index is 0.0850. The summed E-state index contributed by atoms with van der Waals surface area (Å²) in [5.74, 6) is 1.22. The van der Waals surface area contributed by atoms with Crippen molar-refractivity contribution >= 4 is 11.7 Å². The summed E-state index contributed by atoms with van der Waals surface area (Å²) in [6.07, 6.45) is 3.41. The third-order valence-electron chi connectivity index (χ3n) is 4.22. The number of methoxy groups -OCH3 is 2. The number of ether oxygens (including phenoxy) is 2. The van der Waals surface area contributed by atoms with Crippen molar-refractivity contribution in [2.45, 2.75) is 6.04 Å². The normalized spacial score (nSPS) is 11.6. The van der Waals surface area contributed by atoms with Crippen LogP contribution in [0.4, 0.5) is 14.9 Å². The van der Waals surface area contributed by atoms with Crippen LogP contribution in [-0.2, 0) is 7.05 Å². The van der Waals surface area contributed by atoms with Crippen molar-refractivity contribution in [2.24, 2.45) is 7.05 Å². The quantitative estimate of drug-likeness (QED) is 0.682. The number of nitrogens with zero attached hydrogens (tertiary/aromatic N) is 2. The molecule has 0 aliphatic heterocycles. The number of para-hydroxylation sites is 1. The summed E-state index contributed by atoms with van der Waals surface area (Å²) in [7, 11) is 4.92. The highest BCUT2D eigenvalue weighted by molar-refractivity contribution is 5.89.